The molecule has 8 heteroatoms. The van der Waals surface area contributed by atoms with Gasteiger partial charge in [-0.15, -0.1) is 0 Å². The molecule has 0 spiro atoms. The fourth-order valence-corrected chi connectivity index (χ4v) is 5.89. The van der Waals surface area contributed by atoms with Crippen LogP contribution < -0.4 is 0 Å². The minimum Gasteiger partial charge on any atom is -0.378 e. The Morgan fingerprint density at radius 2 is 1.85 bits per heavy atom. The van der Waals surface area contributed by atoms with E-state index in [1.54, 1.807) is 18.3 Å². The van der Waals surface area contributed by atoms with Gasteiger partial charge in [-0.05, 0) is 42.2 Å². The van der Waals surface area contributed by atoms with E-state index in [0.717, 1.165) is 28.7 Å². The first-order valence-corrected chi connectivity index (χ1v) is 13.9. The lowest BCUT2D eigenvalue weighted by atomic mass is 9.85. The zero-order valence-corrected chi connectivity index (χ0v) is 20.3. The van der Waals surface area contributed by atoms with Crippen LogP contribution in [-0.2, 0) is 14.6 Å². The number of morpholine rings is 1. The van der Waals surface area contributed by atoms with E-state index in [4.69, 9.17) is 4.74 Å². The molecule has 3 aromatic rings. The summed E-state index contributed by atoms with van der Waals surface area (Å²) in [4.78, 5) is 23.1. The van der Waals surface area contributed by atoms with Crippen molar-refractivity contribution in [3.8, 4) is 0 Å². The molecule has 2 aromatic heterocycles. The van der Waals surface area contributed by atoms with Gasteiger partial charge in [0.05, 0.1) is 23.7 Å². The molecule has 1 amide bonds. The smallest absolute Gasteiger partial charge is 0.255 e. The number of fused-ring (bicyclic) bond motifs is 1. The lowest BCUT2D eigenvalue weighted by Gasteiger charge is -2.26. The molecule has 1 saturated carbocycles. The lowest BCUT2D eigenvalue weighted by molar-refractivity contribution is 0.0302. The number of aromatic nitrogens is 2. The Morgan fingerprint density at radius 3 is 2.53 bits per heavy atom. The standard InChI is InChI=1S/C26H31N3O4S/c1-34(31,32)22-8-6-19(7-9-22)23(14-18-4-2-3-5-18)24-16-20-15-21(17-27-25(20)28-24)26(30)29-10-12-33-13-11-29/h6-9,15-18,23H,2-5,10-14H2,1H3,(H,27,28). The van der Waals surface area contributed by atoms with Crippen LogP contribution in [0.3, 0.4) is 0 Å². The summed E-state index contributed by atoms with van der Waals surface area (Å²) in [7, 11) is -3.24. The second kappa shape index (κ2) is 9.50. The van der Waals surface area contributed by atoms with Crippen molar-refractivity contribution in [3.63, 3.8) is 0 Å². The number of carbonyl (C=O) groups excluding carboxylic acids is 1. The molecular weight excluding hydrogens is 450 g/mol. The zero-order valence-electron chi connectivity index (χ0n) is 19.5. The van der Waals surface area contributed by atoms with E-state index in [0.29, 0.717) is 42.7 Å². The van der Waals surface area contributed by atoms with Crippen molar-refractivity contribution in [1.82, 2.24) is 14.9 Å². The summed E-state index contributed by atoms with van der Waals surface area (Å²) < 4.78 is 29.2. The third-order valence-electron chi connectivity index (χ3n) is 7.17. The van der Waals surface area contributed by atoms with E-state index in [1.165, 1.54) is 31.9 Å². The third-order valence-corrected chi connectivity index (χ3v) is 8.29. The highest BCUT2D eigenvalue weighted by molar-refractivity contribution is 7.90. The predicted octanol–water partition coefficient (Wildman–Crippen LogP) is 4.15. The van der Waals surface area contributed by atoms with E-state index in [-0.39, 0.29) is 11.8 Å². The van der Waals surface area contributed by atoms with Crippen LogP contribution in [0.15, 0.2) is 47.5 Å². The number of benzene rings is 1. The fraction of sp³-hybridized carbons (Fsp3) is 0.462. The Labute approximate surface area is 200 Å². The lowest BCUT2D eigenvalue weighted by Crippen LogP contribution is -2.40. The van der Waals surface area contributed by atoms with E-state index in [2.05, 4.69) is 16.0 Å². The number of pyridine rings is 1. The number of hydrogen-bond donors (Lipinski definition) is 1. The number of H-pyrrole nitrogens is 1. The molecule has 5 rings (SSSR count). The number of hydrogen-bond acceptors (Lipinski definition) is 5. The summed E-state index contributed by atoms with van der Waals surface area (Å²) in [6.07, 6.45) is 8.88. The summed E-state index contributed by atoms with van der Waals surface area (Å²) >= 11 is 0. The van der Waals surface area contributed by atoms with Crippen molar-refractivity contribution in [3.05, 3.63) is 59.4 Å². The molecule has 1 aromatic carbocycles. The van der Waals surface area contributed by atoms with Gasteiger partial charge in [0.1, 0.15) is 5.65 Å². The second-order valence-electron chi connectivity index (χ2n) is 9.57. The van der Waals surface area contributed by atoms with Gasteiger partial charge in [-0.25, -0.2) is 13.4 Å². The molecule has 3 heterocycles. The number of nitrogens with zero attached hydrogens (tertiary/aromatic N) is 2. The molecule has 2 fully saturated rings. The highest BCUT2D eigenvalue weighted by atomic mass is 32.2. The Balaban J connectivity index is 1.46. The van der Waals surface area contributed by atoms with E-state index in [9.17, 15) is 13.2 Å². The van der Waals surface area contributed by atoms with E-state index < -0.39 is 9.84 Å². The van der Waals surface area contributed by atoms with Crippen LogP contribution in [0.4, 0.5) is 0 Å². The normalized spacial score (nSPS) is 18.4. The van der Waals surface area contributed by atoms with Crippen LogP contribution in [0.2, 0.25) is 0 Å². The van der Waals surface area contributed by atoms with Gasteiger partial charge < -0.3 is 14.6 Å². The van der Waals surface area contributed by atoms with Crippen LogP contribution in [0.25, 0.3) is 11.0 Å². The van der Waals surface area contributed by atoms with Crippen LogP contribution in [0.1, 0.15) is 59.6 Å². The van der Waals surface area contributed by atoms with Crippen LogP contribution >= 0.6 is 0 Å². The highest BCUT2D eigenvalue weighted by Crippen LogP contribution is 2.38. The molecule has 1 aliphatic carbocycles. The van der Waals surface area contributed by atoms with Crippen LogP contribution in [0, 0.1) is 5.92 Å². The highest BCUT2D eigenvalue weighted by Gasteiger charge is 2.25. The van der Waals surface area contributed by atoms with Gasteiger partial charge in [0, 0.05) is 42.5 Å². The molecule has 180 valence electrons. The molecule has 1 saturated heterocycles. The van der Waals surface area contributed by atoms with Gasteiger partial charge in [0.15, 0.2) is 9.84 Å². The van der Waals surface area contributed by atoms with Crippen molar-refractivity contribution in [1.29, 1.82) is 0 Å². The SMILES string of the molecule is CS(=O)(=O)c1ccc(C(CC2CCCC2)c2cc3cc(C(=O)N4CCOCC4)cnc3[nH]2)cc1. The number of aromatic amines is 1. The third kappa shape index (κ3) is 4.88. The molecule has 0 radical (unpaired) electrons. The quantitative estimate of drug-likeness (QED) is 0.571. The largest absolute Gasteiger partial charge is 0.378 e. The molecule has 1 aliphatic heterocycles. The first-order chi connectivity index (χ1) is 16.4. The Kier molecular flexibility index (Phi) is 6.44. The van der Waals surface area contributed by atoms with Crippen LogP contribution in [0.5, 0.6) is 0 Å². The van der Waals surface area contributed by atoms with Gasteiger partial charge in [0.25, 0.3) is 5.91 Å². The maximum Gasteiger partial charge on any atom is 0.255 e. The van der Waals surface area contributed by atoms with Crippen molar-refractivity contribution < 1.29 is 17.9 Å². The zero-order chi connectivity index (χ0) is 23.7. The number of sulfone groups is 1. The summed E-state index contributed by atoms with van der Waals surface area (Å²) in [6, 6.07) is 11.3. The minimum absolute atomic E-state index is 0.0145. The van der Waals surface area contributed by atoms with E-state index in [1.807, 2.05) is 23.1 Å². The summed E-state index contributed by atoms with van der Waals surface area (Å²) in [6.45, 7) is 2.33. The first-order valence-electron chi connectivity index (χ1n) is 12.0. The van der Waals surface area contributed by atoms with Gasteiger partial charge in [-0.3, -0.25) is 4.79 Å². The minimum atomic E-state index is -3.24. The molecule has 2 aliphatic rings. The van der Waals surface area contributed by atoms with Crippen molar-refractivity contribution in [2.45, 2.75) is 42.9 Å². The number of carbonyl (C=O) groups is 1. The van der Waals surface area contributed by atoms with Crippen molar-refractivity contribution >= 4 is 26.8 Å². The molecule has 1 unspecified atom stereocenters. The monoisotopic (exact) mass is 481 g/mol. The average Bonchev–Trinajstić information content (AvgIpc) is 3.51. The number of rotatable bonds is 6. The molecule has 1 N–H and O–H groups in total. The molecule has 0 bridgehead atoms. The number of ether oxygens (including phenoxy) is 1. The van der Waals surface area contributed by atoms with Crippen molar-refractivity contribution in [2.24, 2.45) is 5.92 Å². The molecule has 34 heavy (non-hydrogen) atoms. The van der Waals surface area contributed by atoms with Gasteiger partial charge in [0.2, 0.25) is 0 Å². The van der Waals surface area contributed by atoms with Gasteiger partial charge in [-0.1, -0.05) is 37.8 Å². The van der Waals surface area contributed by atoms with Crippen LogP contribution in [-0.4, -0.2) is 61.8 Å². The van der Waals surface area contributed by atoms with Gasteiger partial charge in [-0.2, -0.15) is 0 Å². The number of amides is 1. The Bertz CT molecular complexity index is 1270. The second-order valence-corrected chi connectivity index (χ2v) is 11.6. The fourth-order valence-electron chi connectivity index (χ4n) is 5.26. The van der Waals surface area contributed by atoms with Crippen molar-refractivity contribution in [2.75, 3.05) is 32.6 Å². The molecule has 7 nitrogen and oxygen atoms in total. The maximum atomic E-state index is 12.9. The first kappa shape index (κ1) is 23.1. The topological polar surface area (TPSA) is 92.4 Å². The maximum absolute atomic E-state index is 12.9. The average molecular weight is 482 g/mol. The summed E-state index contributed by atoms with van der Waals surface area (Å²) in [5.41, 5.74) is 3.50. The Hall–Kier alpha value is -2.71. The summed E-state index contributed by atoms with van der Waals surface area (Å²) in [5.74, 6) is 0.751. The molecule has 1 atom stereocenters. The molecular formula is C26H31N3O4S. The Morgan fingerprint density at radius 1 is 1.15 bits per heavy atom. The van der Waals surface area contributed by atoms with E-state index >= 15 is 0 Å². The number of nitrogens with one attached hydrogen (secondary N) is 1. The predicted molar refractivity (Wildman–Crippen MR) is 131 cm³/mol. The van der Waals surface area contributed by atoms with Gasteiger partial charge >= 0.3 is 0 Å². The summed E-state index contributed by atoms with van der Waals surface area (Å²) in [5, 5.41) is 0.915.